The Labute approximate surface area is 165 Å². The van der Waals surface area contributed by atoms with Crippen molar-refractivity contribution in [2.24, 2.45) is 0 Å². The van der Waals surface area contributed by atoms with Crippen LogP contribution < -0.4 is 16.1 Å². The van der Waals surface area contributed by atoms with Gasteiger partial charge in [0.2, 0.25) is 11.8 Å². The molecule has 0 aromatic heterocycles. The number of nitro groups is 1. The molecule has 0 aliphatic carbocycles. The molecule has 2 rings (SSSR count). The summed E-state index contributed by atoms with van der Waals surface area (Å²) in [4.78, 5) is 46.0. The highest BCUT2D eigenvalue weighted by atomic mass is 16.6. The minimum Gasteiger partial charge on any atom is -0.340 e. The summed E-state index contributed by atoms with van der Waals surface area (Å²) in [5, 5.41) is 24.3. The number of hydrogen-bond donors (Lipinski definition) is 4. The molecule has 0 aliphatic heterocycles. The molecular weight excluding hydrogens is 380 g/mol. The minimum absolute atomic E-state index is 0.141. The van der Waals surface area contributed by atoms with Crippen LogP contribution in [0.25, 0.3) is 6.08 Å². The predicted octanol–water partition coefficient (Wildman–Crippen LogP) is 1.63. The topological polar surface area (TPSA) is 151 Å². The second-order valence-electron chi connectivity index (χ2n) is 5.84. The average molecular weight is 398 g/mol. The normalized spacial score (nSPS) is 11.5. The van der Waals surface area contributed by atoms with Crippen molar-refractivity contribution >= 4 is 35.2 Å². The predicted molar refractivity (Wildman–Crippen MR) is 104 cm³/mol. The van der Waals surface area contributed by atoms with Gasteiger partial charge in [-0.05, 0) is 23.8 Å². The fourth-order valence-electron chi connectivity index (χ4n) is 2.31. The van der Waals surface area contributed by atoms with Crippen LogP contribution in [-0.2, 0) is 14.4 Å². The van der Waals surface area contributed by atoms with Gasteiger partial charge in [0.1, 0.15) is 6.04 Å². The largest absolute Gasteiger partial charge is 0.340 e. The van der Waals surface area contributed by atoms with Crippen LogP contribution >= 0.6 is 0 Å². The van der Waals surface area contributed by atoms with Crippen molar-refractivity contribution in [2.75, 3.05) is 5.32 Å². The van der Waals surface area contributed by atoms with Crippen molar-refractivity contribution in [2.45, 2.75) is 12.5 Å². The van der Waals surface area contributed by atoms with Crippen LogP contribution in [-0.4, -0.2) is 33.9 Å². The van der Waals surface area contributed by atoms with Crippen molar-refractivity contribution in [3.63, 3.8) is 0 Å². The number of nitro benzene ring substituents is 1. The molecule has 0 bridgehead atoms. The molecule has 0 unspecified atom stereocenters. The summed E-state index contributed by atoms with van der Waals surface area (Å²) in [5.41, 5.74) is 2.30. The van der Waals surface area contributed by atoms with Crippen molar-refractivity contribution < 1.29 is 24.5 Å². The van der Waals surface area contributed by atoms with Crippen molar-refractivity contribution in [1.29, 1.82) is 0 Å². The van der Waals surface area contributed by atoms with Gasteiger partial charge in [0.25, 0.3) is 11.6 Å². The molecule has 10 nitrogen and oxygen atoms in total. The highest BCUT2D eigenvalue weighted by Crippen LogP contribution is 2.15. The zero-order valence-corrected chi connectivity index (χ0v) is 15.1. The third kappa shape index (κ3) is 6.88. The first-order valence-corrected chi connectivity index (χ1v) is 8.41. The summed E-state index contributed by atoms with van der Waals surface area (Å²) < 4.78 is 0. The van der Waals surface area contributed by atoms with Crippen LogP contribution in [0.2, 0.25) is 0 Å². The number of rotatable bonds is 8. The van der Waals surface area contributed by atoms with Crippen LogP contribution in [0.15, 0.2) is 60.7 Å². The summed E-state index contributed by atoms with van der Waals surface area (Å²) >= 11 is 0. The third-order valence-electron chi connectivity index (χ3n) is 3.72. The van der Waals surface area contributed by atoms with Crippen LogP contribution in [0.1, 0.15) is 12.0 Å². The van der Waals surface area contributed by atoms with Gasteiger partial charge in [0, 0.05) is 23.9 Å². The SMILES string of the molecule is O=C(/C=C/c1ccccc1)N[C@H](CC(=O)Nc1ccc([N+](=O)[O-])cc1)C(=O)NO. The molecule has 0 saturated heterocycles. The van der Waals surface area contributed by atoms with E-state index >= 15 is 0 Å². The van der Waals surface area contributed by atoms with Crippen LogP contribution in [0.3, 0.4) is 0 Å². The molecule has 0 saturated carbocycles. The zero-order valence-electron chi connectivity index (χ0n) is 15.1. The lowest BCUT2D eigenvalue weighted by Gasteiger charge is -2.15. The molecule has 0 aliphatic rings. The summed E-state index contributed by atoms with van der Waals surface area (Å²) in [6, 6.07) is 12.7. The number of anilines is 1. The van der Waals surface area contributed by atoms with E-state index in [0.29, 0.717) is 0 Å². The Morgan fingerprint density at radius 2 is 1.72 bits per heavy atom. The Kier molecular flexibility index (Phi) is 7.57. The lowest BCUT2D eigenvalue weighted by Crippen LogP contribution is -2.47. The van der Waals surface area contributed by atoms with E-state index in [0.717, 1.165) is 5.56 Å². The Hall–Kier alpha value is -4.05. The molecule has 150 valence electrons. The summed E-state index contributed by atoms with van der Waals surface area (Å²) in [6.07, 6.45) is 2.26. The maximum atomic E-state index is 12.1. The molecule has 2 aromatic rings. The number of carbonyl (C=O) groups is 3. The number of nitrogens with zero attached hydrogens (tertiary/aromatic N) is 1. The molecule has 0 fully saturated rings. The standard InChI is InChI=1S/C19H18N4O6/c24-17(11-6-13-4-2-1-3-5-13)21-16(19(26)22-27)12-18(25)20-14-7-9-15(10-8-14)23(28)29/h1-11,16,27H,12H2,(H,20,25)(H,21,24)(H,22,26)/b11-6+/t16-/m1/s1. The van der Waals surface area contributed by atoms with E-state index in [2.05, 4.69) is 10.6 Å². The van der Waals surface area contributed by atoms with E-state index < -0.39 is 35.1 Å². The summed E-state index contributed by atoms with van der Waals surface area (Å²) in [5.74, 6) is -2.24. The van der Waals surface area contributed by atoms with Gasteiger partial charge in [0.15, 0.2) is 0 Å². The van der Waals surface area contributed by atoms with Gasteiger partial charge in [-0.1, -0.05) is 30.3 Å². The average Bonchev–Trinajstić information content (AvgIpc) is 2.72. The maximum absolute atomic E-state index is 12.1. The quantitative estimate of drug-likeness (QED) is 0.230. The maximum Gasteiger partial charge on any atom is 0.269 e. The Morgan fingerprint density at radius 1 is 1.07 bits per heavy atom. The van der Waals surface area contributed by atoms with E-state index in [1.54, 1.807) is 24.3 Å². The molecule has 2 aromatic carbocycles. The van der Waals surface area contributed by atoms with Gasteiger partial charge in [-0.3, -0.25) is 29.7 Å². The first-order chi connectivity index (χ1) is 13.9. The lowest BCUT2D eigenvalue weighted by atomic mass is 10.1. The Balaban J connectivity index is 1.97. The van der Waals surface area contributed by atoms with Crippen LogP contribution in [0, 0.1) is 10.1 Å². The fourth-order valence-corrected chi connectivity index (χ4v) is 2.31. The van der Waals surface area contributed by atoms with Crippen LogP contribution in [0.5, 0.6) is 0 Å². The number of hydroxylamine groups is 1. The van der Waals surface area contributed by atoms with Crippen molar-refractivity contribution in [1.82, 2.24) is 10.8 Å². The number of amides is 3. The van der Waals surface area contributed by atoms with Gasteiger partial charge in [0.05, 0.1) is 11.3 Å². The smallest absolute Gasteiger partial charge is 0.269 e. The molecule has 29 heavy (non-hydrogen) atoms. The van der Waals surface area contributed by atoms with E-state index in [1.807, 2.05) is 6.07 Å². The first kappa shape index (κ1) is 21.3. The van der Waals surface area contributed by atoms with Gasteiger partial charge in [-0.25, -0.2) is 5.48 Å². The lowest BCUT2D eigenvalue weighted by molar-refractivity contribution is -0.384. The van der Waals surface area contributed by atoms with Gasteiger partial charge in [-0.2, -0.15) is 0 Å². The number of hydrogen-bond acceptors (Lipinski definition) is 6. The summed E-state index contributed by atoms with van der Waals surface area (Å²) in [7, 11) is 0. The molecular formula is C19H18N4O6. The highest BCUT2D eigenvalue weighted by Gasteiger charge is 2.23. The van der Waals surface area contributed by atoms with Crippen molar-refractivity contribution in [3.8, 4) is 0 Å². The third-order valence-corrected chi connectivity index (χ3v) is 3.72. The number of carbonyl (C=O) groups excluding carboxylic acids is 3. The Morgan fingerprint density at radius 3 is 2.31 bits per heavy atom. The van der Waals surface area contributed by atoms with Gasteiger partial charge < -0.3 is 10.6 Å². The van der Waals surface area contributed by atoms with Crippen molar-refractivity contribution in [3.05, 3.63) is 76.4 Å². The molecule has 10 heteroatoms. The van der Waals surface area contributed by atoms with E-state index in [1.165, 1.54) is 41.9 Å². The second kappa shape index (κ2) is 10.3. The Bertz CT molecular complexity index is 912. The van der Waals surface area contributed by atoms with E-state index in [4.69, 9.17) is 5.21 Å². The number of benzene rings is 2. The van der Waals surface area contributed by atoms with Crippen LogP contribution in [0.4, 0.5) is 11.4 Å². The number of non-ortho nitro benzene ring substituents is 1. The molecule has 0 heterocycles. The molecule has 4 N–H and O–H groups in total. The fraction of sp³-hybridized carbons (Fsp3) is 0.105. The second-order valence-corrected chi connectivity index (χ2v) is 5.84. The van der Waals surface area contributed by atoms with Gasteiger partial charge in [-0.15, -0.1) is 0 Å². The zero-order chi connectivity index (χ0) is 21.2. The van der Waals surface area contributed by atoms with E-state index in [-0.39, 0.29) is 11.4 Å². The molecule has 3 amide bonds. The molecule has 0 spiro atoms. The van der Waals surface area contributed by atoms with Gasteiger partial charge >= 0.3 is 0 Å². The highest BCUT2D eigenvalue weighted by molar-refractivity contribution is 5.99. The van der Waals surface area contributed by atoms with E-state index in [9.17, 15) is 24.5 Å². The molecule has 1 atom stereocenters. The number of nitrogens with one attached hydrogen (secondary N) is 3. The molecule has 0 radical (unpaired) electrons. The monoisotopic (exact) mass is 398 g/mol. The first-order valence-electron chi connectivity index (χ1n) is 8.41. The minimum atomic E-state index is -1.33. The summed E-state index contributed by atoms with van der Waals surface area (Å²) in [6.45, 7) is 0.